The third-order valence-electron chi connectivity index (χ3n) is 2.77. The van der Waals surface area contributed by atoms with E-state index in [4.69, 9.17) is 22.4 Å². The second kappa shape index (κ2) is 5.53. The zero-order valence-corrected chi connectivity index (χ0v) is 13.2. The molecule has 100 valence electrons. The molecule has 0 aliphatic carbocycles. The number of aromatic carboxylic acids is 1. The highest BCUT2D eigenvalue weighted by molar-refractivity contribution is 9.10. The summed E-state index contributed by atoms with van der Waals surface area (Å²) in [6, 6.07) is 5.52. The highest BCUT2D eigenvalue weighted by atomic mass is 79.9. The first-order chi connectivity index (χ1) is 8.95. The fourth-order valence-electron chi connectivity index (χ4n) is 1.88. The van der Waals surface area contributed by atoms with Gasteiger partial charge in [-0.1, -0.05) is 40.5 Å². The summed E-state index contributed by atoms with van der Waals surface area (Å²) < 4.78 is 0.877. The van der Waals surface area contributed by atoms with E-state index in [1.54, 1.807) is 6.07 Å². The number of carboxylic acid groups (broad SMARTS) is 1. The van der Waals surface area contributed by atoms with Crippen LogP contribution in [0.3, 0.4) is 0 Å². The molecule has 3 N–H and O–H groups in total. The molecule has 0 saturated carbocycles. The molecule has 0 spiro atoms. The van der Waals surface area contributed by atoms with Crippen molar-refractivity contribution in [2.24, 2.45) is 0 Å². The zero-order chi connectivity index (χ0) is 14.2. The minimum absolute atomic E-state index is 0.172. The number of hydrogen-bond donors (Lipinski definition) is 2. The van der Waals surface area contributed by atoms with Crippen molar-refractivity contribution in [2.45, 2.75) is 13.3 Å². The Labute approximate surface area is 128 Å². The van der Waals surface area contributed by atoms with Gasteiger partial charge >= 0.3 is 5.97 Å². The molecule has 6 heteroatoms. The second-order valence-electron chi connectivity index (χ2n) is 3.94. The SMILES string of the molecule is CCc1c(-c2ccc(Br)cc2Cl)sc(C(=O)O)c1N. The van der Waals surface area contributed by atoms with Crippen molar-refractivity contribution in [3.05, 3.63) is 38.1 Å². The molecule has 0 radical (unpaired) electrons. The quantitative estimate of drug-likeness (QED) is 0.835. The number of thiophene rings is 1. The van der Waals surface area contributed by atoms with E-state index in [9.17, 15) is 4.79 Å². The zero-order valence-electron chi connectivity index (χ0n) is 10.0. The molecule has 1 aromatic heterocycles. The molecule has 0 aliphatic heterocycles. The number of rotatable bonds is 3. The molecule has 0 atom stereocenters. The first-order valence-corrected chi connectivity index (χ1v) is 7.54. The topological polar surface area (TPSA) is 63.3 Å². The summed E-state index contributed by atoms with van der Waals surface area (Å²) in [5, 5.41) is 9.72. The molecule has 0 bridgehead atoms. The minimum Gasteiger partial charge on any atom is -0.477 e. The van der Waals surface area contributed by atoms with Crippen LogP contribution in [0.5, 0.6) is 0 Å². The average molecular weight is 361 g/mol. The maximum atomic E-state index is 11.2. The second-order valence-corrected chi connectivity index (χ2v) is 6.28. The van der Waals surface area contributed by atoms with Crippen molar-refractivity contribution in [3.63, 3.8) is 0 Å². The Kier molecular flexibility index (Phi) is 4.18. The van der Waals surface area contributed by atoms with Crippen LogP contribution in [-0.4, -0.2) is 11.1 Å². The maximum Gasteiger partial charge on any atom is 0.348 e. The minimum atomic E-state index is -1.00. The van der Waals surface area contributed by atoms with Crippen LogP contribution in [0.1, 0.15) is 22.2 Å². The lowest BCUT2D eigenvalue weighted by molar-refractivity contribution is 0.0703. The predicted molar refractivity (Wildman–Crippen MR) is 83.2 cm³/mol. The summed E-state index contributed by atoms with van der Waals surface area (Å²) >= 11 is 10.7. The van der Waals surface area contributed by atoms with Crippen molar-refractivity contribution in [2.75, 3.05) is 5.73 Å². The Balaban J connectivity index is 2.68. The van der Waals surface area contributed by atoms with E-state index in [1.807, 2.05) is 19.1 Å². The normalized spacial score (nSPS) is 10.7. The largest absolute Gasteiger partial charge is 0.477 e. The van der Waals surface area contributed by atoms with Gasteiger partial charge in [0.05, 0.1) is 10.7 Å². The number of carbonyl (C=O) groups is 1. The van der Waals surface area contributed by atoms with Crippen LogP contribution in [0, 0.1) is 0 Å². The van der Waals surface area contributed by atoms with Gasteiger partial charge in [0.1, 0.15) is 4.88 Å². The fraction of sp³-hybridized carbons (Fsp3) is 0.154. The lowest BCUT2D eigenvalue weighted by Gasteiger charge is -2.05. The Morgan fingerprint density at radius 3 is 2.74 bits per heavy atom. The van der Waals surface area contributed by atoms with E-state index in [1.165, 1.54) is 11.3 Å². The van der Waals surface area contributed by atoms with Crippen LogP contribution in [0.25, 0.3) is 10.4 Å². The molecule has 3 nitrogen and oxygen atoms in total. The van der Waals surface area contributed by atoms with Gasteiger partial charge in [0.25, 0.3) is 0 Å². The number of carboxylic acids is 1. The lowest BCUT2D eigenvalue weighted by Crippen LogP contribution is -1.99. The first-order valence-electron chi connectivity index (χ1n) is 5.55. The molecular weight excluding hydrogens is 350 g/mol. The van der Waals surface area contributed by atoms with Crippen molar-refractivity contribution in [1.82, 2.24) is 0 Å². The maximum absolute atomic E-state index is 11.2. The monoisotopic (exact) mass is 359 g/mol. The predicted octanol–water partition coefficient (Wildman–Crippen LogP) is 4.67. The number of nitrogen functional groups attached to an aromatic ring is 1. The van der Waals surface area contributed by atoms with Gasteiger partial charge in [-0.2, -0.15) is 0 Å². The van der Waals surface area contributed by atoms with Gasteiger partial charge in [0.15, 0.2) is 0 Å². The summed E-state index contributed by atoms with van der Waals surface area (Å²) in [4.78, 5) is 12.2. The summed E-state index contributed by atoms with van der Waals surface area (Å²) in [5.74, 6) is -1.00. The number of halogens is 2. The van der Waals surface area contributed by atoms with Crippen LogP contribution >= 0.6 is 38.9 Å². The van der Waals surface area contributed by atoms with E-state index < -0.39 is 5.97 Å². The molecule has 2 aromatic rings. The third kappa shape index (κ3) is 2.63. The highest BCUT2D eigenvalue weighted by Crippen LogP contribution is 2.42. The van der Waals surface area contributed by atoms with Crippen molar-refractivity contribution in [1.29, 1.82) is 0 Å². The summed E-state index contributed by atoms with van der Waals surface area (Å²) in [7, 11) is 0. The Hall–Kier alpha value is -1.04. The van der Waals surface area contributed by atoms with Crippen LogP contribution in [0.4, 0.5) is 5.69 Å². The van der Waals surface area contributed by atoms with Gasteiger partial charge in [-0.3, -0.25) is 0 Å². The summed E-state index contributed by atoms with van der Waals surface area (Å²) in [6.07, 6.45) is 0.664. The van der Waals surface area contributed by atoms with Crippen molar-refractivity contribution in [3.8, 4) is 10.4 Å². The Morgan fingerprint density at radius 1 is 1.53 bits per heavy atom. The Bertz CT molecular complexity index is 654. The molecule has 2 rings (SSSR count). The number of hydrogen-bond acceptors (Lipinski definition) is 3. The highest BCUT2D eigenvalue weighted by Gasteiger charge is 2.21. The molecular formula is C13H11BrClNO2S. The molecule has 1 aromatic carbocycles. The summed E-state index contributed by atoms with van der Waals surface area (Å²) in [6.45, 7) is 1.94. The van der Waals surface area contributed by atoms with Crippen molar-refractivity contribution >= 4 is 50.5 Å². The summed E-state index contributed by atoms with van der Waals surface area (Å²) in [5.41, 5.74) is 7.90. The lowest BCUT2D eigenvalue weighted by atomic mass is 10.1. The number of anilines is 1. The van der Waals surface area contributed by atoms with E-state index in [0.29, 0.717) is 17.1 Å². The average Bonchev–Trinajstić information content (AvgIpc) is 2.66. The number of benzene rings is 1. The molecule has 0 fully saturated rings. The van der Waals surface area contributed by atoms with E-state index in [-0.39, 0.29) is 4.88 Å². The smallest absolute Gasteiger partial charge is 0.348 e. The fourth-order valence-corrected chi connectivity index (χ4v) is 3.89. The molecule has 0 amide bonds. The van der Waals surface area contributed by atoms with Crippen LogP contribution in [-0.2, 0) is 6.42 Å². The van der Waals surface area contributed by atoms with Gasteiger partial charge in [-0.05, 0) is 24.1 Å². The van der Waals surface area contributed by atoms with Gasteiger partial charge < -0.3 is 10.8 Å². The molecule has 19 heavy (non-hydrogen) atoms. The standard InChI is InChI=1S/C13H11BrClNO2S/c1-2-7-10(16)12(13(17)18)19-11(7)8-4-3-6(14)5-9(8)15/h3-5H,2,16H2,1H3,(H,17,18). The van der Waals surface area contributed by atoms with Gasteiger partial charge in [-0.25, -0.2) is 4.79 Å². The first kappa shape index (κ1) is 14.4. The van der Waals surface area contributed by atoms with Crippen molar-refractivity contribution < 1.29 is 9.90 Å². The third-order valence-corrected chi connectivity index (χ3v) is 4.85. The molecule has 0 unspecified atom stereocenters. The molecule has 1 heterocycles. The van der Waals surface area contributed by atoms with Crippen LogP contribution < -0.4 is 5.73 Å². The number of nitrogens with two attached hydrogens (primary N) is 1. The van der Waals surface area contributed by atoms with E-state index in [0.717, 1.165) is 20.5 Å². The van der Waals surface area contributed by atoms with Crippen LogP contribution in [0.15, 0.2) is 22.7 Å². The molecule has 0 aliphatic rings. The Morgan fingerprint density at radius 2 is 2.21 bits per heavy atom. The van der Waals surface area contributed by atoms with Gasteiger partial charge in [0.2, 0.25) is 0 Å². The van der Waals surface area contributed by atoms with Gasteiger partial charge in [0, 0.05) is 14.9 Å². The molecule has 0 saturated heterocycles. The van der Waals surface area contributed by atoms with E-state index >= 15 is 0 Å². The van der Waals surface area contributed by atoms with Gasteiger partial charge in [-0.15, -0.1) is 11.3 Å². The van der Waals surface area contributed by atoms with Crippen LogP contribution in [0.2, 0.25) is 5.02 Å². The van der Waals surface area contributed by atoms with E-state index in [2.05, 4.69) is 15.9 Å².